The Balaban J connectivity index is 2.13. The Morgan fingerprint density at radius 1 is 1.26 bits per heavy atom. The Kier molecular flexibility index (Phi) is 2.86. The van der Waals surface area contributed by atoms with Crippen LogP contribution in [0.4, 0.5) is 5.69 Å². The van der Waals surface area contributed by atoms with E-state index in [1.165, 1.54) is 22.6 Å². The molecule has 100 valence electrons. The van der Waals surface area contributed by atoms with E-state index in [-0.39, 0.29) is 12.1 Å². The van der Waals surface area contributed by atoms with Gasteiger partial charge in [-0.05, 0) is 50.5 Å². The van der Waals surface area contributed by atoms with Crippen LogP contribution in [0.2, 0.25) is 0 Å². The summed E-state index contributed by atoms with van der Waals surface area (Å²) in [5.41, 5.74) is 4.81. The number of anilines is 1. The van der Waals surface area contributed by atoms with Crippen LogP contribution < -0.4 is 5.32 Å². The van der Waals surface area contributed by atoms with Gasteiger partial charge in [0, 0.05) is 18.5 Å². The maximum absolute atomic E-state index is 9.13. The molecule has 0 fully saturated rings. The van der Waals surface area contributed by atoms with E-state index in [2.05, 4.69) is 60.3 Å². The summed E-state index contributed by atoms with van der Waals surface area (Å²) in [5, 5.41) is 12.8. The van der Waals surface area contributed by atoms with E-state index in [9.17, 15) is 0 Å². The van der Waals surface area contributed by atoms with Gasteiger partial charge in [-0.25, -0.2) is 0 Å². The number of aryl methyl sites for hydroxylation is 1. The summed E-state index contributed by atoms with van der Waals surface area (Å²) in [6, 6.07) is 10.6. The van der Waals surface area contributed by atoms with E-state index in [1.54, 1.807) is 0 Å². The zero-order chi connectivity index (χ0) is 13.5. The first-order chi connectivity index (χ1) is 9.15. The summed E-state index contributed by atoms with van der Waals surface area (Å²) in [7, 11) is 0. The highest BCUT2D eigenvalue weighted by Crippen LogP contribution is 2.41. The van der Waals surface area contributed by atoms with Gasteiger partial charge in [0.05, 0.1) is 16.9 Å². The largest absolute Gasteiger partial charge is 0.396 e. The fraction of sp³-hybridized carbons (Fsp3) is 0.375. The molecule has 2 heterocycles. The zero-order valence-corrected chi connectivity index (χ0v) is 11.5. The third kappa shape index (κ3) is 1.85. The SMILES string of the molecule is Cc1cccc2c1NC(C)(CCCO)c1cccn1-2. The molecule has 0 saturated heterocycles. The number of aromatic nitrogens is 1. The molecule has 3 heteroatoms. The van der Waals surface area contributed by atoms with E-state index in [1.807, 2.05) is 0 Å². The molecule has 2 aromatic rings. The van der Waals surface area contributed by atoms with Crippen LogP contribution in [0.1, 0.15) is 31.0 Å². The van der Waals surface area contributed by atoms with Crippen molar-refractivity contribution >= 4 is 5.69 Å². The lowest BCUT2D eigenvalue weighted by Crippen LogP contribution is -2.38. The Bertz CT molecular complexity index is 603. The number of rotatable bonds is 3. The monoisotopic (exact) mass is 256 g/mol. The van der Waals surface area contributed by atoms with E-state index in [0.29, 0.717) is 0 Å². The number of hydrogen-bond acceptors (Lipinski definition) is 2. The van der Waals surface area contributed by atoms with Crippen molar-refractivity contribution in [1.82, 2.24) is 4.57 Å². The Hall–Kier alpha value is -1.74. The second kappa shape index (κ2) is 4.42. The lowest BCUT2D eigenvalue weighted by Gasteiger charge is -2.39. The van der Waals surface area contributed by atoms with E-state index < -0.39 is 0 Å². The quantitative estimate of drug-likeness (QED) is 0.885. The van der Waals surface area contributed by atoms with Crippen LogP contribution in [-0.2, 0) is 5.54 Å². The number of aliphatic hydroxyl groups is 1. The van der Waals surface area contributed by atoms with Crippen LogP contribution in [0, 0.1) is 6.92 Å². The minimum atomic E-state index is -0.120. The highest BCUT2D eigenvalue weighted by atomic mass is 16.2. The van der Waals surface area contributed by atoms with Crippen LogP contribution in [0.25, 0.3) is 5.69 Å². The van der Waals surface area contributed by atoms with E-state index in [4.69, 9.17) is 5.11 Å². The first kappa shape index (κ1) is 12.3. The van der Waals surface area contributed by atoms with Gasteiger partial charge in [-0.15, -0.1) is 0 Å². The molecular weight excluding hydrogens is 236 g/mol. The fourth-order valence-corrected chi connectivity index (χ4v) is 3.02. The predicted molar refractivity (Wildman–Crippen MR) is 77.8 cm³/mol. The normalized spacial score (nSPS) is 20.6. The molecule has 1 aliphatic heterocycles. The second-order valence-electron chi connectivity index (χ2n) is 5.52. The van der Waals surface area contributed by atoms with Gasteiger partial charge in [-0.2, -0.15) is 0 Å². The predicted octanol–water partition coefficient (Wildman–Crippen LogP) is 3.20. The van der Waals surface area contributed by atoms with Crippen LogP contribution in [0.15, 0.2) is 36.5 Å². The summed E-state index contributed by atoms with van der Waals surface area (Å²) in [4.78, 5) is 0. The van der Waals surface area contributed by atoms with Gasteiger partial charge >= 0.3 is 0 Å². The van der Waals surface area contributed by atoms with Gasteiger partial charge < -0.3 is 15.0 Å². The van der Waals surface area contributed by atoms with Crippen LogP contribution in [0.3, 0.4) is 0 Å². The number of nitrogens with zero attached hydrogens (tertiary/aromatic N) is 1. The molecule has 3 rings (SSSR count). The molecule has 1 aromatic carbocycles. The first-order valence-electron chi connectivity index (χ1n) is 6.82. The fourth-order valence-electron chi connectivity index (χ4n) is 3.02. The molecular formula is C16H20N2O. The molecule has 1 aliphatic rings. The van der Waals surface area contributed by atoms with Crippen LogP contribution in [-0.4, -0.2) is 16.3 Å². The molecule has 0 bridgehead atoms. The van der Waals surface area contributed by atoms with Gasteiger partial charge in [-0.1, -0.05) is 12.1 Å². The van der Waals surface area contributed by atoms with Crippen molar-refractivity contribution in [2.24, 2.45) is 0 Å². The number of hydrogen-bond donors (Lipinski definition) is 2. The number of para-hydroxylation sites is 1. The molecule has 3 nitrogen and oxygen atoms in total. The van der Waals surface area contributed by atoms with Crippen molar-refractivity contribution in [1.29, 1.82) is 0 Å². The highest BCUT2D eigenvalue weighted by molar-refractivity contribution is 5.70. The lowest BCUT2D eigenvalue weighted by molar-refractivity contribution is 0.268. The molecule has 1 unspecified atom stereocenters. The third-order valence-corrected chi connectivity index (χ3v) is 4.06. The van der Waals surface area contributed by atoms with Crippen molar-refractivity contribution in [2.45, 2.75) is 32.2 Å². The molecule has 0 radical (unpaired) electrons. The molecule has 19 heavy (non-hydrogen) atoms. The molecule has 2 N–H and O–H groups in total. The summed E-state index contributed by atoms with van der Waals surface area (Å²) < 4.78 is 2.26. The molecule has 1 aromatic heterocycles. The lowest BCUT2D eigenvalue weighted by atomic mass is 9.88. The molecule has 0 aliphatic carbocycles. The number of aliphatic hydroxyl groups excluding tert-OH is 1. The topological polar surface area (TPSA) is 37.2 Å². The second-order valence-corrected chi connectivity index (χ2v) is 5.52. The van der Waals surface area contributed by atoms with Gasteiger partial charge in [0.25, 0.3) is 0 Å². The molecule has 0 spiro atoms. The third-order valence-electron chi connectivity index (χ3n) is 4.06. The average Bonchev–Trinajstić information content (AvgIpc) is 2.89. The van der Waals surface area contributed by atoms with Crippen molar-refractivity contribution < 1.29 is 5.11 Å². The van der Waals surface area contributed by atoms with Gasteiger partial charge in [-0.3, -0.25) is 0 Å². The van der Waals surface area contributed by atoms with Crippen LogP contribution in [0.5, 0.6) is 0 Å². The zero-order valence-electron chi connectivity index (χ0n) is 11.5. The Morgan fingerprint density at radius 3 is 2.89 bits per heavy atom. The number of fused-ring (bicyclic) bond motifs is 3. The average molecular weight is 256 g/mol. The number of nitrogens with one attached hydrogen (secondary N) is 1. The van der Waals surface area contributed by atoms with Gasteiger partial charge in [0.2, 0.25) is 0 Å². The van der Waals surface area contributed by atoms with E-state index in [0.717, 1.165) is 12.8 Å². The van der Waals surface area contributed by atoms with Gasteiger partial charge in [0.1, 0.15) is 0 Å². The number of benzene rings is 1. The van der Waals surface area contributed by atoms with Crippen molar-refractivity contribution in [2.75, 3.05) is 11.9 Å². The minimum absolute atomic E-state index is 0.120. The van der Waals surface area contributed by atoms with Crippen molar-refractivity contribution in [3.8, 4) is 5.69 Å². The van der Waals surface area contributed by atoms with Crippen molar-refractivity contribution in [3.63, 3.8) is 0 Å². The summed E-state index contributed by atoms with van der Waals surface area (Å²) >= 11 is 0. The standard InChI is InChI=1S/C16H20N2O/c1-12-6-3-7-13-15(12)17-16(2,9-5-11-19)14-8-4-10-18(13)14/h3-4,6-8,10,17,19H,5,9,11H2,1-2H3. The first-order valence-corrected chi connectivity index (χ1v) is 6.82. The minimum Gasteiger partial charge on any atom is -0.396 e. The Labute approximate surface area is 113 Å². The van der Waals surface area contributed by atoms with Crippen LogP contribution >= 0.6 is 0 Å². The molecule has 1 atom stereocenters. The van der Waals surface area contributed by atoms with Crippen molar-refractivity contribution in [3.05, 3.63) is 47.8 Å². The summed E-state index contributed by atoms with van der Waals surface area (Å²) in [6.07, 6.45) is 3.84. The molecule has 0 saturated carbocycles. The maximum atomic E-state index is 9.13. The maximum Gasteiger partial charge on any atom is 0.0752 e. The highest BCUT2D eigenvalue weighted by Gasteiger charge is 2.34. The van der Waals surface area contributed by atoms with Gasteiger partial charge in [0.15, 0.2) is 0 Å². The van der Waals surface area contributed by atoms with E-state index >= 15 is 0 Å². The smallest absolute Gasteiger partial charge is 0.0752 e. The Morgan fingerprint density at radius 2 is 2.11 bits per heavy atom. The summed E-state index contributed by atoms with van der Waals surface area (Å²) in [6.45, 7) is 4.58. The molecule has 0 amide bonds. The summed E-state index contributed by atoms with van der Waals surface area (Å²) in [5.74, 6) is 0.